The van der Waals surface area contributed by atoms with Crippen LogP contribution in [0.2, 0.25) is 0 Å². The summed E-state index contributed by atoms with van der Waals surface area (Å²) in [7, 11) is 3.68. The van der Waals surface area contributed by atoms with Crippen molar-refractivity contribution in [2.45, 2.75) is 43.6 Å². The number of nitrogens with zero attached hydrogens (tertiary/aromatic N) is 1. The van der Waals surface area contributed by atoms with E-state index >= 15 is 0 Å². The van der Waals surface area contributed by atoms with E-state index in [4.69, 9.17) is 4.74 Å². The molecule has 2 N–H and O–H groups in total. The molecule has 1 aliphatic heterocycles. The standard InChI is InChI=1S/C20H30N2O3/c1-22-12-9-18(23)17(13-22)19(24)21-14-20(10-3-4-11-20)15-5-7-16(25-2)8-6-15/h5-8,17-18,23H,3-4,9-14H2,1-2H3,(H,21,24)/t17-,18+/m1/s1. The lowest BCUT2D eigenvalue weighted by Gasteiger charge is -2.35. The highest BCUT2D eigenvalue weighted by atomic mass is 16.5. The van der Waals surface area contributed by atoms with Crippen molar-refractivity contribution < 1.29 is 14.6 Å². The average molecular weight is 346 g/mol. The summed E-state index contributed by atoms with van der Waals surface area (Å²) in [6, 6.07) is 8.24. The number of aliphatic hydroxyl groups excluding tert-OH is 1. The van der Waals surface area contributed by atoms with Crippen LogP contribution >= 0.6 is 0 Å². The molecule has 1 saturated heterocycles. The summed E-state index contributed by atoms with van der Waals surface area (Å²) in [4.78, 5) is 14.8. The van der Waals surface area contributed by atoms with Gasteiger partial charge in [0, 0.05) is 25.0 Å². The zero-order valence-corrected chi connectivity index (χ0v) is 15.3. The first-order valence-electron chi connectivity index (χ1n) is 9.33. The molecule has 3 rings (SSSR count). The third kappa shape index (κ3) is 3.98. The molecule has 1 amide bonds. The SMILES string of the molecule is COc1ccc(C2(CNC(=O)[C@@H]3CN(C)CC[C@@H]3O)CCCC2)cc1. The molecule has 138 valence electrons. The number of nitrogens with one attached hydrogen (secondary N) is 1. The fourth-order valence-corrected chi connectivity index (χ4v) is 4.31. The number of rotatable bonds is 5. The van der Waals surface area contributed by atoms with Gasteiger partial charge in [0.1, 0.15) is 5.75 Å². The second-order valence-electron chi connectivity index (χ2n) is 7.66. The Kier molecular flexibility index (Phi) is 5.64. The summed E-state index contributed by atoms with van der Waals surface area (Å²) >= 11 is 0. The number of benzene rings is 1. The topological polar surface area (TPSA) is 61.8 Å². The van der Waals surface area contributed by atoms with E-state index in [9.17, 15) is 9.90 Å². The van der Waals surface area contributed by atoms with E-state index < -0.39 is 6.10 Å². The number of carbonyl (C=O) groups is 1. The highest BCUT2D eigenvalue weighted by Gasteiger charge is 2.38. The molecule has 0 radical (unpaired) electrons. The maximum atomic E-state index is 12.7. The molecule has 0 bridgehead atoms. The number of likely N-dealkylation sites (tertiary alicyclic amines) is 1. The lowest BCUT2D eigenvalue weighted by Crippen LogP contribution is -2.50. The van der Waals surface area contributed by atoms with E-state index in [1.165, 1.54) is 18.4 Å². The lowest BCUT2D eigenvalue weighted by atomic mass is 9.78. The molecule has 0 aromatic heterocycles. The van der Waals surface area contributed by atoms with Gasteiger partial charge in [0.15, 0.2) is 0 Å². The van der Waals surface area contributed by atoms with Crippen LogP contribution in [0.25, 0.3) is 0 Å². The largest absolute Gasteiger partial charge is 0.497 e. The van der Waals surface area contributed by atoms with Crippen molar-refractivity contribution in [1.82, 2.24) is 10.2 Å². The van der Waals surface area contributed by atoms with Crippen LogP contribution in [0.3, 0.4) is 0 Å². The van der Waals surface area contributed by atoms with Crippen LogP contribution in [0.1, 0.15) is 37.7 Å². The fourth-order valence-electron chi connectivity index (χ4n) is 4.31. The lowest BCUT2D eigenvalue weighted by molar-refractivity contribution is -0.131. The average Bonchev–Trinajstić information content (AvgIpc) is 3.12. The van der Waals surface area contributed by atoms with Crippen molar-refractivity contribution in [1.29, 1.82) is 0 Å². The van der Waals surface area contributed by atoms with Crippen molar-refractivity contribution in [3.63, 3.8) is 0 Å². The number of hydrogen-bond acceptors (Lipinski definition) is 4. The number of methoxy groups -OCH3 is 1. The van der Waals surface area contributed by atoms with Crippen LogP contribution < -0.4 is 10.1 Å². The summed E-state index contributed by atoms with van der Waals surface area (Å²) in [6.07, 6.45) is 4.70. The molecule has 1 aliphatic carbocycles. The molecule has 0 spiro atoms. The van der Waals surface area contributed by atoms with Crippen molar-refractivity contribution >= 4 is 5.91 Å². The Bertz CT molecular complexity index is 581. The predicted octanol–water partition coefficient (Wildman–Crippen LogP) is 1.94. The Labute approximate surface area is 150 Å². The Balaban J connectivity index is 1.68. The summed E-state index contributed by atoms with van der Waals surface area (Å²) < 4.78 is 5.26. The third-order valence-electron chi connectivity index (χ3n) is 5.98. The number of ether oxygens (including phenoxy) is 1. The van der Waals surface area contributed by atoms with Gasteiger partial charge in [-0.1, -0.05) is 25.0 Å². The van der Waals surface area contributed by atoms with Crippen LogP contribution in [0, 0.1) is 5.92 Å². The summed E-state index contributed by atoms with van der Waals surface area (Å²) in [6.45, 7) is 2.12. The smallest absolute Gasteiger partial charge is 0.227 e. The molecule has 1 aromatic rings. The molecule has 2 atom stereocenters. The van der Waals surface area contributed by atoms with Crippen molar-refractivity contribution in [3.8, 4) is 5.75 Å². The molecular weight excluding hydrogens is 316 g/mol. The fraction of sp³-hybridized carbons (Fsp3) is 0.650. The molecule has 5 heteroatoms. The molecule has 2 aliphatic rings. The highest BCUT2D eigenvalue weighted by molar-refractivity contribution is 5.79. The molecule has 2 fully saturated rings. The van der Waals surface area contributed by atoms with E-state index in [0.29, 0.717) is 19.5 Å². The van der Waals surface area contributed by atoms with Gasteiger partial charge in [-0.25, -0.2) is 0 Å². The Hall–Kier alpha value is -1.59. The zero-order chi connectivity index (χ0) is 17.9. The van der Waals surface area contributed by atoms with Gasteiger partial charge in [-0.05, 0) is 44.0 Å². The Morgan fingerprint density at radius 2 is 2.00 bits per heavy atom. The van der Waals surface area contributed by atoms with Gasteiger partial charge in [0.2, 0.25) is 5.91 Å². The number of carbonyl (C=O) groups excluding carboxylic acids is 1. The van der Waals surface area contributed by atoms with E-state index in [-0.39, 0.29) is 17.2 Å². The van der Waals surface area contributed by atoms with Crippen LogP contribution in [0.4, 0.5) is 0 Å². The Morgan fingerprint density at radius 3 is 2.64 bits per heavy atom. The summed E-state index contributed by atoms with van der Waals surface area (Å²) in [5.74, 6) is 0.515. The van der Waals surface area contributed by atoms with Crippen molar-refractivity contribution in [2.24, 2.45) is 5.92 Å². The molecule has 5 nitrogen and oxygen atoms in total. The minimum atomic E-state index is -0.531. The first-order chi connectivity index (χ1) is 12.0. The van der Waals surface area contributed by atoms with Gasteiger partial charge in [-0.15, -0.1) is 0 Å². The van der Waals surface area contributed by atoms with Gasteiger partial charge in [-0.2, -0.15) is 0 Å². The molecule has 1 saturated carbocycles. The van der Waals surface area contributed by atoms with E-state index in [1.54, 1.807) is 7.11 Å². The minimum Gasteiger partial charge on any atom is -0.497 e. The van der Waals surface area contributed by atoms with Gasteiger partial charge < -0.3 is 20.1 Å². The maximum Gasteiger partial charge on any atom is 0.227 e. The second-order valence-corrected chi connectivity index (χ2v) is 7.66. The normalized spacial score (nSPS) is 26.4. The minimum absolute atomic E-state index is 0.00739. The third-order valence-corrected chi connectivity index (χ3v) is 5.98. The van der Waals surface area contributed by atoms with E-state index in [2.05, 4.69) is 22.3 Å². The summed E-state index contributed by atoms with van der Waals surface area (Å²) in [5.41, 5.74) is 1.28. The van der Waals surface area contributed by atoms with E-state index in [1.807, 2.05) is 19.2 Å². The van der Waals surface area contributed by atoms with Gasteiger partial charge in [0.05, 0.1) is 19.1 Å². The van der Waals surface area contributed by atoms with Crippen LogP contribution in [-0.2, 0) is 10.2 Å². The molecular formula is C20H30N2O3. The van der Waals surface area contributed by atoms with Crippen molar-refractivity contribution in [2.75, 3.05) is 33.8 Å². The van der Waals surface area contributed by atoms with Crippen LogP contribution in [-0.4, -0.2) is 55.8 Å². The first-order valence-corrected chi connectivity index (χ1v) is 9.33. The van der Waals surface area contributed by atoms with Crippen LogP contribution in [0.15, 0.2) is 24.3 Å². The maximum absolute atomic E-state index is 12.7. The predicted molar refractivity (Wildman–Crippen MR) is 97.8 cm³/mol. The van der Waals surface area contributed by atoms with Gasteiger partial charge >= 0.3 is 0 Å². The highest BCUT2D eigenvalue weighted by Crippen LogP contribution is 2.41. The molecule has 1 aromatic carbocycles. The molecule has 0 unspecified atom stereocenters. The molecule has 25 heavy (non-hydrogen) atoms. The van der Waals surface area contributed by atoms with Gasteiger partial charge in [-0.3, -0.25) is 4.79 Å². The number of hydrogen-bond donors (Lipinski definition) is 2. The van der Waals surface area contributed by atoms with Crippen molar-refractivity contribution in [3.05, 3.63) is 29.8 Å². The monoisotopic (exact) mass is 346 g/mol. The Morgan fingerprint density at radius 1 is 1.32 bits per heavy atom. The van der Waals surface area contributed by atoms with Crippen LogP contribution in [0.5, 0.6) is 5.75 Å². The number of piperidine rings is 1. The quantitative estimate of drug-likeness (QED) is 0.855. The second kappa shape index (κ2) is 7.75. The number of aliphatic hydroxyl groups is 1. The molecule has 1 heterocycles. The summed E-state index contributed by atoms with van der Waals surface area (Å²) in [5, 5.41) is 13.3. The first kappa shape index (κ1) is 18.2. The van der Waals surface area contributed by atoms with E-state index in [0.717, 1.165) is 25.1 Å². The zero-order valence-electron chi connectivity index (χ0n) is 15.3. The number of amides is 1. The van der Waals surface area contributed by atoms with Gasteiger partial charge in [0.25, 0.3) is 0 Å².